The molecule has 0 radical (unpaired) electrons. The summed E-state index contributed by atoms with van der Waals surface area (Å²) in [5.41, 5.74) is 13.0. The molecule has 1 aromatic rings. The number of benzene rings is 1. The first-order valence-corrected chi connectivity index (χ1v) is 3.60. The summed E-state index contributed by atoms with van der Waals surface area (Å²) in [5.74, 6) is 0. The van der Waals surface area contributed by atoms with Gasteiger partial charge >= 0.3 is 0 Å². The van der Waals surface area contributed by atoms with Crippen LogP contribution in [-0.4, -0.2) is 6.41 Å². The number of amides is 1. The monoisotopic (exact) mass is 166 g/mol. The maximum absolute atomic E-state index is 8.58. The van der Waals surface area contributed by atoms with E-state index >= 15 is 0 Å². The summed E-state index contributed by atoms with van der Waals surface area (Å²) in [6.07, 6.45) is 0.250. The smallest absolute Gasteiger partial charge is 0.204 e. The van der Waals surface area contributed by atoms with Gasteiger partial charge in [-0.25, -0.2) is 0 Å². The number of rotatable bonds is 0. The van der Waals surface area contributed by atoms with Crippen molar-refractivity contribution in [1.82, 2.24) is 0 Å². The Morgan fingerprint density at radius 3 is 2.17 bits per heavy atom. The van der Waals surface area contributed by atoms with Gasteiger partial charge in [-0.05, 0) is 31.0 Å². The summed E-state index contributed by atoms with van der Waals surface area (Å²) in [4.78, 5) is 8.58. The third-order valence-electron chi connectivity index (χ3n) is 1.43. The van der Waals surface area contributed by atoms with Crippen LogP contribution in [0.2, 0.25) is 0 Å². The Hall–Kier alpha value is -1.51. The molecule has 0 saturated carbocycles. The number of anilines is 1. The minimum Gasteiger partial charge on any atom is -0.399 e. The molecule has 1 rings (SSSR count). The first kappa shape index (κ1) is 10.5. The van der Waals surface area contributed by atoms with Gasteiger partial charge < -0.3 is 11.5 Å². The Kier molecular flexibility index (Phi) is 4.53. The predicted molar refractivity (Wildman–Crippen MR) is 50.6 cm³/mol. The van der Waals surface area contributed by atoms with E-state index in [4.69, 9.17) is 10.5 Å². The molecule has 1 amide bonds. The van der Waals surface area contributed by atoms with Crippen LogP contribution in [0.25, 0.3) is 0 Å². The highest BCUT2D eigenvalue weighted by Gasteiger charge is 1.89. The Labute approximate surface area is 72.4 Å². The molecule has 0 aliphatic carbocycles. The fraction of sp³-hybridized carbons (Fsp3) is 0.222. The third-order valence-corrected chi connectivity index (χ3v) is 1.43. The lowest BCUT2D eigenvalue weighted by Gasteiger charge is -1.98. The molecule has 12 heavy (non-hydrogen) atoms. The lowest BCUT2D eigenvalue weighted by atomic mass is 10.1. The second-order valence-electron chi connectivity index (χ2n) is 2.50. The Morgan fingerprint density at radius 1 is 1.33 bits per heavy atom. The largest absolute Gasteiger partial charge is 0.399 e. The molecule has 0 aliphatic heterocycles. The normalized spacial score (nSPS) is 8.17. The van der Waals surface area contributed by atoms with Crippen LogP contribution >= 0.6 is 0 Å². The van der Waals surface area contributed by atoms with Gasteiger partial charge in [0.05, 0.1) is 0 Å². The van der Waals surface area contributed by atoms with Crippen LogP contribution in [0, 0.1) is 13.8 Å². The maximum Gasteiger partial charge on any atom is 0.204 e. The third kappa shape index (κ3) is 3.61. The number of aryl methyl sites for hydroxylation is 2. The van der Waals surface area contributed by atoms with Gasteiger partial charge in [-0.2, -0.15) is 0 Å². The first-order chi connectivity index (χ1) is 5.61. The van der Waals surface area contributed by atoms with Gasteiger partial charge in [-0.3, -0.25) is 4.79 Å². The Balaban J connectivity index is 0.000000354. The average Bonchev–Trinajstić information content (AvgIpc) is 1.99. The maximum atomic E-state index is 8.58. The van der Waals surface area contributed by atoms with E-state index in [-0.39, 0.29) is 6.41 Å². The van der Waals surface area contributed by atoms with E-state index < -0.39 is 0 Å². The zero-order chi connectivity index (χ0) is 9.56. The molecule has 4 N–H and O–H groups in total. The molecule has 0 spiro atoms. The van der Waals surface area contributed by atoms with Crippen molar-refractivity contribution in [2.24, 2.45) is 5.73 Å². The summed E-state index contributed by atoms with van der Waals surface area (Å²) in [6, 6.07) is 6.08. The molecule has 0 bridgehead atoms. The highest BCUT2D eigenvalue weighted by atomic mass is 16.1. The van der Waals surface area contributed by atoms with Gasteiger partial charge in [0.2, 0.25) is 6.41 Å². The van der Waals surface area contributed by atoms with Gasteiger partial charge in [0.15, 0.2) is 0 Å². The number of primary amides is 1. The molecule has 66 valence electrons. The van der Waals surface area contributed by atoms with Crippen molar-refractivity contribution in [1.29, 1.82) is 0 Å². The van der Waals surface area contributed by atoms with Crippen LogP contribution in [0.15, 0.2) is 18.2 Å². The molecule has 0 heterocycles. The van der Waals surface area contributed by atoms with Crippen LogP contribution < -0.4 is 11.5 Å². The lowest BCUT2D eigenvalue weighted by Crippen LogP contribution is -1.88. The molecule has 3 heteroatoms. The van der Waals surface area contributed by atoms with E-state index in [1.807, 2.05) is 26.0 Å². The number of nitrogen functional groups attached to an aromatic ring is 1. The fourth-order valence-electron chi connectivity index (χ4n) is 0.760. The van der Waals surface area contributed by atoms with Crippen LogP contribution in [-0.2, 0) is 4.79 Å². The van der Waals surface area contributed by atoms with E-state index in [1.165, 1.54) is 5.56 Å². The van der Waals surface area contributed by atoms with Crippen LogP contribution in [0.4, 0.5) is 5.69 Å². The summed E-state index contributed by atoms with van der Waals surface area (Å²) >= 11 is 0. The topological polar surface area (TPSA) is 69.1 Å². The minimum atomic E-state index is 0.250. The molecule has 0 saturated heterocycles. The molecule has 0 fully saturated rings. The molecule has 1 aromatic carbocycles. The Morgan fingerprint density at radius 2 is 1.83 bits per heavy atom. The molecule has 3 nitrogen and oxygen atoms in total. The van der Waals surface area contributed by atoms with Gasteiger partial charge in [0.25, 0.3) is 0 Å². The van der Waals surface area contributed by atoms with E-state index in [2.05, 4.69) is 11.8 Å². The van der Waals surface area contributed by atoms with Crippen molar-refractivity contribution in [3.8, 4) is 0 Å². The van der Waals surface area contributed by atoms with Gasteiger partial charge in [0.1, 0.15) is 0 Å². The average molecular weight is 166 g/mol. The van der Waals surface area contributed by atoms with Crippen LogP contribution in [0.1, 0.15) is 11.1 Å². The van der Waals surface area contributed by atoms with Crippen molar-refractivity contribution in [2.75, 3.05) is 5.73 Å². The number of carbonyl (C=O) groups is 1. The van der Waals surface area contributed by atoms with Crippen molar-refractivity contribution < 1.29 is 4.79 Å². The van der Waals surface area contributed by atoms with Gasteiger partial charge in [0, 0.05) is 5.69 Å². The van der Waals surface area contributed by atoms with E-state index in [0.717, 1.165) is 11.3 Å². The lowest BCUT2D eigenvalue weighted by molar-refractivity contribution is -0.106. The SMILES string of the molecule is Cc1ccc(C)c(N)c1.NC=O. The standard InChI is InChI=1S/C8H11N.CH3NO/c1-6-3-4-7(2)8(9)5-6;2-1-3/h3-5H,9H2,1-2H3;1H,(H2,2,3). The van der Waals surface area contributed by atoms with Gasteiger partial charge in [-0.1, -0.05) is 12.1 Å². The highest BCUT2D eigenvalue weighted by molar-refractivity contribution is 5.47. The second-order valence-corrected chi connectivity index (χ2v) is 2.50. The Bertz CT molecular complexity index is 259. The number of hydrogen-bond acceptors (Lipinski definition) is 2. The first-order valence-electron chi connectivity index (χ1n) is 3.60. The van der Waals surface area contributed by atoms with E-state index in [1.54, 1.807) is 0 Å². The number of carbonyl (C=O) groups excluding carboxylic acids is 1. The molecule has 0 aromatic heterocycles. The summed E-state index contributed by atoms with van der Waals surface area (Å²) in [6.45, 7) is 4.05. The fourth-order valence-corrected chi connectivity index (χ4v) is 0.760. The second kappa shape index (κ2) is 5.18. The van der Waals surface area contributed by atoms with Crippen molar-refractivity contribution in [2.45, 2.75) is 13.8 Å². The number of nitrogens with two attached hydrogens (primary N) is 2. The van der Waals surface area contributed by atoms with E-state index in [0.29, 0.717) is 0 Å². The minimum absolute atomic E-state index is 0.250. The molecular weight excluding hydrogens is 152 g/mol. The summed E-state index contributed by atoms with van der Waals surface area (Å²) < 4.78 is 0. The zero-order valence-corrected chi connectivity index (χ0v) is 7.37. The number of hydrogen-bond donors (Lipinski definition) is 2. The molecular formula is C9H14N2O. The van der Waals surface area contributed by atoms with Crippen LogP contribution in [0.5, 0.6) is 0 Å². The van der Waals surface area contributed by atoms with Crippen molar-refractivity contribution in [3.05, 3.63) is 29.3 Å². The summed E-state index contributed by atoms with van der Waals surface area (Å²) in [7, 11) is 0. The zero-order valence-electron chi connectivity index (χ0n) is 7.37. The van der Waals surface area contributed by atoms with Crippen molar-refractivity contribution >= 4 is 12.1 Å². The molecule has 0 unspecified atom stereocenters. The molecule has 0 atom stereocenters. The quantitative estimate of drug-likeness (QED) is 0.445. The summed E-state index contributed by atoms with van der Waals surface area (Å²) in [5, 5.41) is 0. The van der Waals surface area contributed by atoms with Crippen LogP contribution in [0.3, 0.4) is 0 Å². The molecule has 0 aliphatic rings. The van der Waals surface area contributed by atoms with Gasteiger partial charge in [-0.15, -0.1) is 0 Å². The van der Waals surface area contributed by atoms with E-state index in [9.17, 15) is 0 Å². The predicted octanol–water partition coefficient (Wildman–Crippen LogP) is 0.987. The highest BCUT2D eigenvalue weighted by Crippen LogP contribution is 2.10. The van der Waals surface area contributed by atoms with Crippen molar-refractivity contribution in [3.63, 3.8) is 0 Å².